The monoisotopic (exact) mass is 269 g/mol. The molecule has 0 bridgehead atoms. The Labute approximate surface area is 109 Å². The SMILES string of the molecule is CSCCC(NC(=O)c1cccc(O)c1)C(=O)O. The first-order chi connectivity index (χ1) is 8.54. The van der Waals surface area contributed by atoms with Gasteiger partial charge in [-0.05, 0) is 36.6 Å². The second-order valence-corrected chi connectivity index (χ2v) is 4.68. The molecule has 0 radical (unpaired) electrons. The minimum atomic E-state index is -1.06. The molecule has 0 aliphatic heterocycles. The maximum absolute atomic E-state index is 11.8. The van der Waals surface area contributed by atoms with Gasteiger partial charge in [-0.1, -0.05) is 6.07 Å². The third-order valence-corrected chi connectivity index (χ3v) is 2.97. The summed E-state index contributed by atoms with van der Waals surface area (Å²) in [6.07, 6.45) is 2.23. The Balaban J connectivity index is 2.69. The van der Waals surface area contributed by atoms with Crippen LogP contribution in [0.15, 0.2) is 24.3 Å². The first kappa shape index (κ1) is 14.4. The van der Waals surface area contributed by atoms with Gasteiger partial charge in [-0.3, -0.25) is 4.79 Å². The number of rotatable bonds is 6. The summed E-state index contributed by atoms with van der Waals surface area (Å²) in [5.74, 6) is -0.937. The van der Waals surface area contributed by atoms with Gasteiger partial charge in [0.2, 0.25) is 0 Å². The van der Waals surface area contributed by atoms with Gasteiger partial charge in [0.1, 0.15) is 11.8 Å². The minimum Gasteiger partial charge on any atom is -0.508 e. The van der Waals surface area contributed by atoms with Gasteiger partial charge in [0.15, 0.2) is 0 Å². The largest absolute Gasteiger partial charge is 0.508 e. The maximum Gasteiger partial charge on any atom is 0.326 e. The Kier molecular flexibility index (Phi) is 5.51. The van der Waals surface area contributed by atoms with E-state index in [4.69, 9.17) is 5.11 Å². The normalized spacial score (nSPS) is 11.8. The quantitative estimate of drug-likeness (QED) is 0.725. The number of phenols is 1. The van der Waals surface area contributed by atoms with Gasteiger partial charge >= 0.3 is 5.97 Å². The van der Waals surface area contributed by atoms with Crippen LogP contribution in [0.2, 0.25) is 0 Å². The van der Waals surface area contributed by atoms with E-state index in [1.54, 1.807) is 0 Å². The zero-order valence-electron chi connectivity index (χ0n) is 9.92. The number of carbonyl (C=O) groups excluding carboxylic acids is 1. The molecule has 0 saturated carbocycles. The number of carbonyl (C=O) groups is 2. The molecule has 1 amide bonds. The van der Waals surface area contributed by atoms with Crippen LogP contribution in [-0.4, -0.2) is 40.1 Å². The summed E-state index contributed by atoms with van der Waals surface area (Å²) in [5.41, 5.74) is 0.241. The average molecular weight is 269 g/mol. The van der Waals surface area contributed by atoms with Gasteiger partial charge in [-0.2, -0.15) is 11.8 Å². The highest BCUT2D eigenvalue weighted by atomic mass is 32.2. The number of benzene rings is 1. The molecule has 1 aromatic rings. The van der Waals surface area contributed by atoms with Crippen LogP contribution in [0.25, 0.3) is 0 Å². The molecule has 98 valence electrons. The van der Waals surface area contributed by atoms with Crippen LogP contribution in [0.5, 0.6) is 5.75 Å². The van der Waals surface area contributed by atoms with Gasteiger partial charge in [-0.25, -0.2) is 4.79 Å². The molecule has 0 heterocycles. The van der Waals surface area contributed by atoms with E-state index in [0.717, 1.165) is 0 Å². The molecule has 1 atom stereocenters. The van der Waals surface area contributed by atoms with Gasteiger partial charge in [-0.15, -0.1) is 0 Å². The molecule has 0 aliphatic rings. The predicted molar refractivity (Wildman–Crippen MR) is 70.0 cm³/mol. The summed E-state index contributed by atoms with van der Waals surface area (Å²) < 4.78 is 0. The number of amides is 1. The van der Waals surface area contributed by atoms with Crippen LogP contribution in [0.3, 0.4) is 0 Å². The number of carboxylic acids is 1. The van der Waals surface area contributed by atoms with E-state index >= 15 is 0 Å². The van der Waals surface area contributed by atoms with Gasteiger partial charge < -0.3 is 15.5 Å². The number of aromatic hydroxyl groups is 1. The van der Waals surface area contributed by atoms with Gasteiger partial charge in [0, 0.05) is 5.56 Å². The summed E-state index contributed by atoms with van der Waals surface area (Å²) in [6, 6.07) is 4.87. The van der Waals surface area contributed by atoms with Crippen LogP contribution >= 0.6 is 11.8 Å². The van der Waals surface area contributed by atoms with Crippen molar-refractivity contribution in [2.45, 2.75) is 12.5 Å². The lowest BCUT2D eigenvalue weighted by molar-refractivity contribution is -0.139. The first-order valence-corrected chi connectivity index (χ1v) is 6.75. The number of thioether (sulfide) groups is 1. The molecule has 0 aromatic heterocycles. The Morgan fingerprint density at radius 2 is 2.17 bits per heavy atom. The molecule has 3 N–H and O–H groups in total. The molecule has 18 heavy (non-hydrogen) atoms. The summed E-state index contributed by atoms with van der Waals surface area (Å²) in [6.45, 7) is 0. The highest BCUT2D eigenvalue weighted by Crippen LogP contribution is 2.11. The first-order valence-electron chi connectivity index (χ1n) is 5.36. The number of hydrogen-bond donors (Lipinski definition) is 3. The van der Waals surface area contributed by atoms with Crippen molar-refractivity contribution in [3.05, 3.63) is 29.8 Å². The van der Waals surface area contributed by atoms with Gasteiger partial charge in [0.25, 0.3) is 5.91 Å². The van der Waals surface area contributed by atoms with E-state index in [9.17, 15) is 14.7 Å². The third kappa shape index (κ3) is 4.29. The average Bonchev–Trinajstić information content (AvgIpc) is 2.33. The summed E-state index contributed by atoms with van der Waals surface area (Å²) >= 11 is 1.52. The summed E-state index contributed by atoms with van der Waals surface area (Å²) in [7, 11) is 0. The number of phenolic OH excluding ortho intramolecular Hbond substituents is 1. The second kappa shape index (κ2) is 6.90. The van der Waals surface area contributed by atoms with Crippen molar-refractivity contribution >= 4 is 23.6 Å². The Morgan fingerprint density at radius 3 is 2.72 bits per heavy atom. The molecule has 0 saturated heterocycles. The van der Waals surface area contributed by atoms with Crippen molar-refractivity contribution in [1.29, 1.82) is 0 Å². The maximum atomic E-state index is 11.8. The van der Waals surface area contributed by atoms with Crippen molar-refractivity contribution in [3.63, 3.8) is 0 Å². The highest BCUT2D eigenvalue weighted by Gasteiger charge is 2.20. The van der Waals surface area contributed by atoms with E-state index in [2.05, 4.69) is 5.32 Å². The van der Waals surface area contributed by atoms with Crippen LogP contribution in [-0.2, 0) is 4.79 Å². The lowest BCUT2D eigenvalue weighted by Crippen LogP contribution is -2.41. The molecule has 0 fully saturated rings. The van der Waals surface area contributed by atoms with E-state index < -0.39 is 17.9 Å². The highest BCUT2D eigenvalue weighted by molar-refractivity contribution is 7.98. The van der Waals surface area contributed by atoms with Crippen LogP contribution < -0.4 is 5.32 Å². The molecule has 0 spiro atoms. The Morgan fingerprint density at radius 1 is 1.44 bits per heavy atom. The lowest BCUT2D eigenvalue weighted by atomic mass is 10.1. The Bertz CT molecular complexity index is 436. The number of aliphatic carboxylic acids is 1. The van der Waals surface area contributed by atoms with Crippen molar-refractivity contribution in [2.75, 3.05) is 12.0 Å². The van der Waals surface area contributed by atoms with E-state index in [-0.39, 0.29) is 11.3 Å². The third-order valence-electron chi connectivity index (χ3n) is 2.32. The van der Waals surface area contributed by atoms with Crippen LogP contribution in [0, 0.1) is 0 Å². The minimum absolute atomic E-state index is 0.0290. The zero-order valence-corrected chi connectivity index (χ0v) is 10.7. The molecule has 1 unspecified atom stereocenters. The summed E-state index contributed by atoms with van der Waals surface area (Å²) in [5, 5.41) is 20.7. The number of carboxylic acid groups (broad SMARTS) is 1. The molecular formula is C12H15NO4S. The van der Waals surface area contributed by atoms with E-state index in [0.29, 0.717) is 12.2 Å². The van der Waals surface area contributed by atoms with E-state index in [1.165, 1.54) is 36.0 Å². The topological polar surface area (TPSA) is 86.6 Å². The molecule has 1 aromatic carbocycles. The Hall–Kier alpha value is -1.69. The number of nitrogens with one attached hydrogen (secondary N) is 1. The molecule has 1 rings (SSSR count). The lowest BCUT2D eigenvalue weighted by Gasteiger charge is -2.13. The fraction of sp³-hybridized carbons (Fsp3) is 0.333. The van der Waals surface area contributed by atoms with Crippen molar-refractivity contribution in [1.82, 2.24) is 5.32 Å². The zero-order chi connectivity index (χ0) is 13.5. The van der Waals surface area contributed by atoms with Crippen molar-refractivity contribution < 1.29 is 19.8 Å². The second-order valence-electron chi connectivity index (χ2n) is 3.70. The smallest absolute Gasteiger partial charge is 0.326 e. The molecule has 6 heteroatoms. The van der Waals surface area contributed by atoms with E-state index in [1.807, 2.05) is 6.26 Å². The predicted octanol–water partition coefficient (Wildman–Crippen LogP) is 1.33. The molecule has 0 aliphatic carbocycles. The van der Waals surface area contributed by atoms with Crippen LogP contribution in [0.4, 0.5) is 0 Å². The molecular weight excluding hydrogens is 254 g/mol. The van der Waals surface area contributed by atoms with Gasteiger partial charge in [0.05, 0.1) is 0 Å². The fourth-order valence-corrected chi connectivity index (χ4v) is 1.85. The fourth-order valence-electron chi connectivity index (χ4n) is 1.38. The molecule has 5 nitrogen and oxygen atoms in total. The number of hydrogen-bond acceptors (Lipinski definition) is 4. The van der Waals surface area contributed by atoms with Crippen molar-refractivity contribution in [3.8, 4) is 5.75 Å². The van der Waals surface area contributed by atoms with Crippen molar-refractivity contribution in [2.24, 2.45) is 0 Å². The standard InChI is InChI=1S/C12H15NO4S/c1-18-6-5-10(12(16)17)13-11(15)8-3-2-4-9(14)7-8/h2-4,7,10,14H,5-6H2,1H3,(H,13,15)(H,16,17). The summed E-state index contributed by atoms with van der Waals surface area (Å²) in [4.78, 5) is 22.7. The van der Waals surface area contributed by atoms with Crippen LogP contribution in [0.1, 0.15) is 16.8 Å².